The van der Waals surface area contributed by atoms with E-state index in [0.717, 1.165) is 17.7 Å². The van der Waals surface area contributed by atoms with E-state index in [1.54, 1.807) is 13.8 Å². The third-order valence-electron chi connectivity index (χ3n) is 5.18. The number of nitro groups is 1. The number of benzene rings is 2. The zero-order valence-corrected chi connectivity index (χ0v) is 17.0. The first-order valence-electron chi connectivity index (χ1n) is 9.26. The van der Waals surface area contributed by atoms with Gasteiger partial charge in [-0.15, -0.1) is 0 Å². The first-order valence-corrected chi connectivity index (χ1v) is 10.7. The number of rotatable bonds is 6. The van der Waals surface area contributed by atoms with Gasteiger partial charge in [0.05, 0.1) is 22.5 Å². The van der Waals surface area contributed by atoms with E-state index >= 15 is 0 Å². The first kappa shape index (κ1) is 20.3. The van der Waals surface area contributed by atoms with Crippen LogP contribution in [0.1, 0.15) is 42.5 Å². The van der Waals surface area contributed by atoms with Crippen LogP contribution in [0.4, 0.5) is 5.69 Å². The third-order valence-corrected chi connectivity index (χ3v) is 7.22. The lowest BCUT2D eigenvalue weighted by Gasteiger charge is -2.25. The summed E-state index contributed by atoms with van der Waals surface area (Å²) in [5.41, 5.74) is 1.82. The number of aryl methyl sites for hydroxylation is 1. The highest BCUT2D eigenvalue weighted by Crippen LogP contribution is 2.38. The maximum atomic E-state index is 13.4. The molecule has 3 rings (SSSR count). The Morgan fingerprint density at radius 3 is 2.50 bits per heavy atom. The number of hydrogen-bond donors (Lipinski definition) is 0. The molecule has 1 saturated heterocycles. The fraction of sp³-hybridized carbons (Fsp3) is 0.400. The van der Waals surface area contributed by atoms with Gasteiger partial charge in [-0.1, -0.05) is 12.1 Å². The van der Waals surface area contributed by atoms with E-state index in [4.69, 9.17) is 4.74 Å². The van der Waals surface area contributed by atoms with Gasteiger partial charge in [0.1, 0.15) is 5.75 Å². The van der Waals surface area contributed by atoms with Crippen LogP contribution in [0.15, 0.2) is 41.3 Å². The number of non-ortho nitro benzene ring substituents is 1. The Bertz CT molecular complexity index is 986. The van der Waals surface area contributed by atoms with Crippen LogP contribution in [0, 0.1) is 24.0 Å². The molecular formula is C20H24N2O5S. The van der Waals surface area contributed by atoms with E-state index in [1.807, 2.05) is 31.2 Å². The van der Waals surface area contributed by atoms with Gasteiger partial charge in [-0.3, -0.25) is 10.1 Å². The van der Waals surface area contributed by atoms with E-state index in [-0.39, 0.29) is 16.6 Å². The smallest absolute Gasteiger partial charge is 0.271 e. The Morgan fingerprint density at radius 1 is 1.21 bits per heavy atom. The van der Waals surface area contributed by atoms with Crippen LogP contribution in [-0.4, -0.2) is 30.8 Å². The van der Waals surface area contributed by atoms with Crippen LogP contribution in [0.25, 0.3) is 0 Å². The molecule has 0 aromatic heterocycles. The lowest BCUT2D eigenvalue weighted by atomic mass is 10.1. The van der Waals surface area contributed by atoms with Crippen LogP contribution in [0.3, 0.4) is 0 Å². The minimum Gasteiger partial charge on any atom is -0.494 e. The number of nitrogens with zero attached hydrogens (tertiary/aromatic N) is 2. The molecule has 0 spiro atoms. The molecule has 2 aromatic carbocycles. The molecule has 0 saturated carbocycles. The predicted octanol–water partition coefficient (Wildman–Crippen LogP) is 4.14. The fourth-order valence-corrected chi connectivity index (χ4v) is 5.62. The topological polar surface area (TPSA) is 89.8 Å². The Hall–Kier alpha value is -2.45. The molecule has 0 N–H and O–H groups in total. The molecule has 1 atom stereocenters. The maximum absolute atomic E-state index is 13.4. The molecule has 0 bridgehead atoms. The largest absolute Gasteiger partial charge is 0.494 e. The highest BCUT2D eigenvalue weighted by molar-refractivity contribution is 7.89. The quantitative estimate of drug-likeness (QED) is 0.533. The highest BCUT2D eigenvalue weighted by Gasteiger charge is 2.37. The van der Waals surface area contributed by atoms with Gasteiger partial charge in [0, 0.05) is 18.7 Å². The number of ether oxygens (including phenoxy) is 1. The summed E-state index contributed by atoms with van der Waals surface area (Å²) in [6, 6.07) is 9.73. The summed E-state index contributed by atoms with van der Waals surface area (Å²) in [6.45, 7) is 6.24. The molecular weight excluding hydrogens is 380 g/mol. The minimum absolute atomic E-state index is 0.0111. The summed E-state index contributed by atoms with van der Waals surface area (Å²) in [5, 5.41) is 11.2. The van der Waals surface area contributed by atoms with Crippen molar-refractivity contribution in [1.29, 1.82) is 0 Å². The predicted molar refractivity (Wildman–Crippen MR) is 106 cm³/mol. The van der Waals surface area contributed by atoms with Crippen LogP contribution >= 0.6 is 0 Å². The molecule has 150 valence electrons. The van der Waals surface area contributed by atoms with E-state index in [1.165, 1.54) is 16.4 Å². The van der Waals surface area contributed by atoms with Crippen molar-refractivity contribution in [2.45, 2.75) is 44.6 Å². The lowest BCUT2D eigenvalue weighted by Crippen LogP contribution is -2.31. The van der Waals surface area contributed by atoms with Crippen LogP contribution in [-0.2, 0) is 10.0 Å². The SMILES string of the molecule is CCOc1ccc([C@@H]2CCCN2S(=O)(=O)c2cc([N+](=O)[O-])cc(C)c2C)cc1. The van der Waals surface area contributed by atoms with Crippen molar-refractivity contribution in [2.24, 2.45) is 0 Å². The van der Waals surface area contributed by atoms with E-state index < -0.39 is 14.9 Å². The summed E-state index contributed by atoms with van der Waals surface area (Å²) in [4.78, 5) is 10.7. The van der Waals surface area contributed by atoms with Gasteiger partial charge < -0.3 is 4.74 Å². The average molecular weight is 404 g/mol. The van der Waals surface area contributed by atoms with Crippen molar-refractivity contribution in [3.05, 3.63) is 63.2 Å². The van der Waals surface area contributed by atoms with Gasteiger partial charge in [0.15, 0.2) is 0 Å². The second kappa shape index (κ2) is 7.89. The molecule has 1 aliphatic heterocycles. The number of nitro benzene ring substituents is 1. The van der Waals surface area contributed by atoms with Gasteiger partial charge in [-0.2, -0.15) is 4.31 Å². The number of sulfonamides is 1. The second-order valence-electron chi connectivity index (χ2n) is 6.92. The summed E-state index contributed by atoms with van der Waals surface area (Å²) in [5.74, 6) is 0.740. The van der Waals surface area contributed by atoms with Crippen molar-refractivity contribution in [1.82, 2.24) is 4.31 Å². The molecule has 0 amide bonds. The van der Waals surface area contributed by atoms with Gasteiger partial charge in [0.25, 0.3) is 5.69 Å². The summed E-state index contributed by atoms with van der Waals surface area (Å²) in [7, 11) is -3.87. The standard InChI is InChI=1S/C20H24N2O5S/c1-4-27-18-9-7-16(8-10-18)19-6-5-11-21(19)28(25,26)20-13-17(22(23)24)12-14(2)15(20)3/h7-10,12-13,19H,4-6,11H2,1-3H3/t19-/m0/s1. The van der Waals surface area contributed by atoms with Crippen molar-refractivity contribution in [3.63, 3.8) is 0 Å². The molecule has 1 fully saturated rings. The highest BCUT2D eigenvalue weighted by atomic mass is 32.2. The van der Waals surface area contributed by atoms with E-state index in [9.17, 15) is 18.5 Å². The zero-order valence-electron chi connectivity index (χ0n) is 16.2. The van der Waals surface area contributed by atoms with E-state index in [2.05, 4.69) is 0 Å². The van der Waals surface area contributed by atoms with Crippen molar-refractivity contribution < 1.29 is 18.1 Å². The summed E-state index contributed by atoms with van der Waals surface area (Å²) in [6.07, 6.45) is 1.45. The van der Waals surface area contributed by atoms with Crippen LogP contribution in [0.5, 0.6) is 5.75 Å². The molecule has 0 radical (unpaired) electrons. The average Bonchev–Trinajstić information content (AvgIpc) is 3.15. The lowest BCUT2D eigenvalue weighted by molar-refractivity contribution is -0.385. The Kier molecular flexibility index (Phi) is 5.71. The zero-order chi connectivity index (χ0) is 20.5. The van der Waals surface area contributed by atoms with Gasteiger partial charge in [-0.25, -0.2) is 8.42 Å². The Morgan fingerprint density at radius 2 is 1.89 bits per heavy atom. The molecule has 1 heterocycles. The van der Waals surface area contributed by atoms with Gasteiger partial charge >= 0.3 is 0 Å². The van der Waals surface area contributed by atoms with Crippen molar-refractivity contribution in [3.8, 4) is 5.75 Å². The third kappa shape index (κ3) is 3.74. The molecule has 0 aliphatic carbocycles. The molecule has 8 heteroatoms. The van der Waals surface area contributed by atoms with Crippen LogP contribution < -0.4 is 4.74 Å². The van der Waals surface area contributed by atoms with Crippen LogP contribution in [0.2, 0.25) is 0 Å². The maximum Gasteiger partial charge on any atom is 0.271 e. The minimum atomic E-state index is -3.87. The summed E-state index contributed by atoms with van der Waals surface area (Å²) >= 11 is 0. The summed E-state index contributed by atoms with van der Waals surface area (Å²) < 4.78 is 33.8. The van der Waals surface area contributed by atoms with Crippen molar-refractivity contribution >= 4 is 15.7 Å². The molecule has 1 aliphatic rings. The fourth-order valence-electron chi connectivity index (χ4n) is 3.62. The normalized spacial score (nSPS) is 17.6. The number of hydrogen-bond acceptors (Lipinski definition) is 5. The first-order chi connectivity index (χ1) is 13.3. The van der Waals surface area contributed by atoms with Gasteiger partial charge in [-0.05, 0) is 62.4 Å². The second-order valence-corrected chi connectivity index (χ2v) is 8.78. The molecule has 28 heavy (non-hydrogen) atoms. The monoisotopic (exact) mass is 404 g/mol. The van der Waals surface area contributed by atoms with Crippen molar-refractivity contribution in [2.75, 3.05) is 13.2 Å². The Labute approximate surface area is 165 Å². The molecule has 0 unspecified atom stereocenters. The Balaban J connectivity index is 2.00. The molecule has 2 aromatic rings. The molecule has 7 nitrogen and oxygen atoms in total. The van der Waals surface area contributed by atoms with E-state index in [0.29, 0.717) is 30.7 Å². The van der Waals surface area contributed by atoms with Gasteiger partial charge in [0.2, 0.25) is 10.0 Å².